The Morgan fingerprint density at radius 2 is 1.57 bits per heavy atom. The first-order chi connectivity index (χ1) is 14.2. The summed E-state index contributed by atoms with van der Waals surface area (Å²) in [5.41, 5.74) is -0.479. The third-order valence-electron chi connectivity index (χ3n) is 4.86. The van der Waals surface area contributed by atoms with Gasteiger partial charge in [-0.3, -0.25) is 4.79 Å². The van der Waals surface area contributed by atoms with E-state index in [1.807, 2.05) is 12.1 Å². The first-order valence-corrected chi connectivity index (χ1v) is 10.1. The molecule has 0 heterocycles. The van der Waals surface area contributed by atoms with Crippen LogP contribution < -0.4 is 5.32 Å². The average Bonchev–Trinajstić information content (AvgIpc) is 2.70. The lowest BCUT2D eigenvalue weighted by Gasteiger charge is -2.12. The molecule has 0 saturated heterocycles. The summed E-state index contributed by atoms with van der Waals surface area (Å²) in [5.74, 6) is -2.13. The second-order valence-corrected chi connectivity index (χ2v) is 7.23. The van der Waals surface area contributed by atoms with Crippen LogP contribution in [0.15, 0.2) is 42.5 Å². The Balaban J connectivity index is 2.00. The van der Waals surface area contributed by atoms with Crippen LogP contribution >= 0.6 is 0 Å². The molecule has 0 saturated carbocycles. The van der Waals surface area contributed by atoms with Gasteiger partial charge in [0, 0.05) is 5.56 Å². The summed E-state index contributed by atoms with van der Waals surface area (Å²) >= 11 is 0. The molecule has 0 atom stereocenters. The van der Waals surface area contributed by atoms with E-state index in [0.717, 1.165) is 37.0 Å². The summed E-state index contributed by atoms with van der Waals surface area (Å²) in [6.45, 7) is 2.18. The lowest BCUT2D eigenvalue weighted by molar-refractivity contribution is -0.137. The molecular weight excluding hydrogens is 395 g/mol. The summed E-state index contributed by atoms with van der Waals surface area (Å²) in [4.78, 5) is 23.7. The van der Waals surface area contributed by atoms with E-state index in [2.05, 4.69) is 12.2 Å². The molecule has 0 radical (unpaired) electrons. The van der Waals surface area contributed by atoms with Crippen molar-refractivity contribution in [3.63, 3.8) is 0 Å². The Labute approximate surface area is 174 Å². The summed E-state index contributed by atoms with van der Waals surface area (Å²) in [6.07, 6.45) is 3.41. The van der Waals surface area contributed by atoms with E-state index in [0.29, 0.717) is 11.6 Å². The summed E-state index contributed by atoms with van der Waals surface area (Å²) < 4.78 is 38.4. The van der Waals surface area contributed by atoms with E-state index in [4.69, 9.17) is 0 Å². The van der Waals surface area contributed by atoms with Crippen molar-refractivity contribution in [3.8, 4) is 0 Å². The number of aromatic carboxylic acids is 1. The highest BCUT2D eigenvalue weighted by atomic mass is 19.4. The van der Waals surface area contributed by atoms with Crippen molar-refractivity contribution in [1.82, 2.24) is 0 Å². The van der Waals surface area contributed by atoms with Crippen molar-refractivity contribution in [2.75, 3.05) is 5.32 Å². The fourth-order valence-electron chi connectivity index (χ4n) is 3.13. The molecule has 2 rings (SSSR count). The number of halogens is 3. The van der Waals surface area contributed by atoms with Crippen LogP contribution in [-0.4, -0.2) is 17.0 Å². The molecule has 7 heteroatoms. The number of anilines is 1. The number of rotatable bonds is 10. The fraction of sp³-hybridized carbons (Fsp3) is 0.391. The molecule has 4 nitrogen and oxygen atoms in total. The molecule has 2 N–H and O–H groups in total. The minimum atomic E-state index is -4.67. The molecule has 0 aliphatic carbocycles. The molecule has 30 heavy (non-hydrogen) atoms. The number of aryl methyl sites for hydroxylation is 1. The van der Waals surface area contributed by atoms with Gasteiger partial charge in [-0.2, -0.15) is 13.2 Å². The number of hydrogen-bond donors (Lipinski definition) is 2. The number of hydrogen-bond acceptors (Lipinski definition) is 2. The van der Waals surface area contributed by atoms with E-state index in [1.165, 1.54) is 25.7 Å². The number of nitrogens with one attached hydrogen (secondary N) is 1. The van der Waals surface area contributed by atoms with Gasteiger partial charge in [0.05, 0.1) is 16.8 Å². The van der Waals surface area contributed by atoms with Gasteiger partial charge in [0.2, 0.25) is 0 Å². The van der Waals surface area contributed by atoms with Crippen LogP contribution in [0.25, 0.3) is 0 Å². The standard InChI is InChI=1S/C23H26F3NO3/c1-2-3-4-5-6-7-8-16-9-11-17(12-10-16)21(28)27-20-14-13-18(23(24,25)26)15-19(20)22(29)30/h9-15H,2-8H2,1H3,(H,27,28)(H,29,30). The van der Waals surface area contributed by atoms with Crippen molar-refractivity contribution in [2.45, 2.75) is 58.0 Å². The van der Waals surface area contributed by atoms with Crippen molar-refractivity contribution < 1.29 is 27.9 Å². The van der Waals surface area contributed by atoms with Crippen LogP contribution in [0, 0.1) is 0 Å². The predicted octanol–water partition coefficient (Wildman–Crippen LogP) is 6.56. The number of carboxylic acids is 1. The zero-order valence-corrected chi connectivity index (χ0v) is 16.9. The Hall–Kier alpha value is -2.83. The first kappa shape index (κ1) is 23.4. The van der Waals surface area contributed by atoms with Gasteiger partial charge in [0.15, 0.2) is 0 Å². The number of carboxylic acid groups (broad SMARTS) is 1. The number of alkyl halides is 3. The molecular formula is C23H26F3NO3. The average molecular weight is 421 g/mol. The van der Waals surface area contributed by atoms with Crippen molar-refractivity contribution >= 4 is 17.6 Å². The highest BCUT2D eigenvalue weighted by Crippen LogP contribution is 2.32. The minimum Gasteiger partial charge on any atom is -0.478 e. The molecule has 2 aromatic carbocycles. The third kappa shape index (κ3) is 6.90. The second-order valence-electron chi connectivity index (χ2n) is 7.23. The maximum Gasteiger partial charge on any atom is 0.416 e. The highest BCUT2D eigenvalue weighted by Gasteiger charge is 2.32. The number of amides is 1. The van der Waals surface area contributed by atoms with Crippen LogP contribution in [0.2, 0.25) is 0 Å². The van der Waals surface area contributed by atoms with Crippen LogP contribution in [0.3, 0.4) is 0 Å². The zero-order valence-electron chi connectivity index (χ0n) is 16.9. The smallest absolute Gasteiger partial charge is 0.416 e. The monoisotopic (exact) mass is 421 g/mol. The maximum atomic E-state index is 12.8. The van der Waals surface area contributed by atoms with Gasteiger partial charge < -0.3 is 10.4 Å². The molecule has 0 spiro atoms. The van der Waals surface area contributed by atoms with Crippen molar-refractivity contribution in [3.05, 3.63) is 64.7 Å². The molecule has 0 aliphatic rings. The first-order valence-electron chi connectivity index (χ1n) is 10.1. The van der Waals surface area contributed by atoms with E-state index in [1.54, 1.807) is 12.1 Å². The van der Waals surface area contributed by atoms with Crippen molar-refractivity contribution in [1.29, 1.82) is 0 Å². The number of carbonyl (C=O) groups excluding carboxylic acids is 1. The molecule has 0 aliphatic heterocycles. The predicted molar refractivity (Wildman–Crippen MR) is 110 cm³/mol. The van der Waals surface area contributed by atoms with Gasteiger partial charge in [-0.15, -0.1) is 0 Å². The number of benzene rings is 2. The molecule has 0 aromatic heterocycles. The zero-order chi connectivity index (χ0) is 22.1. The third-order valence-corrected chi connectivity index (χ3v) is 4.86. The van der Waals surface area contributed by atoms with Crippen LogP contribution in [0.4, 0.5) is 18.9 Å². The molecule has 0 unspecified atom stereocenters. The largest absolute Gasteiger partial charge is 0.478 e. The maximum absolute atomic E-state index is 12.8. The highest BCUT2D eigenvalue weighted by molar-refractivity contribution is 6.07. The van der Waals surface area contributed by atoms with E-state index in [-0.39, 0.29) is 5.69 Å². The van der Waals surface area contributed by atoms with Gasteiger partial charge in [0.25, 0.3) is 5.91 Å². The Kier molecular flexibility index (Phi) is 8.45. The van der Waals surface area contributed by atoms with E-state index < -0.39 is 29.2 Å². The molecule has 0 bridgehead atoms. The minimum absolute atomic E-state index is 0.184. The molecule has 162 valence electrons. The topological polar surface area (TPSA) is 66.4 Å². The van der Waals surface area contributed by atoms with Gasteiger partial charge in [-0.25, -0.2) is 4.79 Å². The van der Waals surface area contributed by atoms with Crippen molar-refractivity contribution in [2.24, 2.45) is 0 Å². The fourth-order valence-corrected chi connectivity index (χ4v) is 3.13. The molecule has 2 aromatic rings. The summed E-state index contributed by atoms with van der Waals surface area (Å²) in [6, 6.07) is 9.15. The van der Waals surface area contributed by atoms with Gasteiger partial charge >= 0.3 is 12.1 Å². The Morgan fingerprint density at radius 3 is 2.17 bits per heavy atom. The Morgan fingerprint density at radius 1 is 0.933 bits per heavy atom. The van der Waals surface area contributed by atoms with Gasteiger partial charge in [0.1, 0.15) is 0 Å². The quantitative estimate of drug-likeness (QED) is 0.427. The SMILES string of the molecule is CCCCCCCCc1ccc(C(=O)Nc2ccc(C(F)(F)F)cc2C(=O)O)cc1. The number of unbranched alkanes of at least 4 members (excludes halogenated alkanes) is 5. The van der Waals surface area contributed by atoms with E-state index >= 15 is 0 Å². The lowest BCUT2D eigenvalue weighted by atomic mass is 10.0. The second kappa shape index (κ2) is 10.8. The summed E-state index contributed by atoms with van der Waals surface area (Å²) in [7, 11) is 0. The van der Waals surface area contributed by atoms with Crippen LogP contribution in [0.5, 0.6) is 0 Å². The van der Waals surface area contributed by atoms with Crippen LogP contribution in [-0.2, 0) is 12.6 Å². The van der Waals surface area contributed by atoms with E-state index in [9.17, 15) is 27.9 Å². The molecule has 1 amide bonds. The number of carbonyl (C=O) groups is 2. The molecule has 0 fully saturated rings. The van der Waals surface area contributed by atoms with Gasteiger partial charge in [-0.1, -0.05) is 51.2 Å². The Bertz CT molecular complexity index is 861. The van der Waals surface area contributed by atoms with Crippen LogP contribution in [0.1, 0.15) is 77.3 Å². The summed E-state index contributed by atoms with van der Waals surface area (Å²) in [5, 5.41) is 11.6. The normalized spacial score (nSPS) is 11.3. The van der Waals surface area contributed by atoms with Gasteiger partial charge in [-0.05, 0) is 48.7 Å². The lowest BCUT2D eigenvalue weighted by Crippen LogP contribution is -2.16.